The van der Waals surface area contributed by atoms with Gasteiger partial charge >= 0.3 is 46.2 Å². The van der Waals surface area contributed by atoms with E-state index in [0.717, 1.165) is 12.2 Å². The predicted octanol–water partition coefficient (Wildman–Crippen LogP) is -2.08. The Morgan fingerprint density at radius 1 is 1.15 bits per heavy atom. The molecule has 0 spiro atoms. The number of benzene rings is 1. The van der Waals surface area contributed by atoms with E-state index in [4.69, 9.17) is 4.43 Å². The van der Waals surface area contributed by atoms with Gasteiger partial charge in [0.25, 0.3) is 0 Å². The van der Waals surface area contributed by atoms with Crippen LogP contribution in [0, 0.1) is 0 Å². The van der Waals surface area contributed by atoms with Crippen LogP contribution >= 0.6 is 0 Å². The minimum atomic E-state index is -1.86. The summed E-state index contributed by atoms with van der Waals surface area (Å²) < 4.78 is 6.25. The molecule has 20 heavy (non-hydrogen) atoms. The Kier molecular flexibility index (Phi) is 7.46. The fourth-order valence-electron chi connectivity index (χ4n) is 2.57. The molecule has 2 rings (SSSR count). The van der Waals surface area contributed by atoms with Crippen LogP contribution in [0.2, 0.25) is 13.1 Å². The normalized spacial score (nSPS) is 13.8. The molecule has 0 atom stereocenters. The van der Waals surface area contributed by atoms with E-state index in [2.05, 4.69) is 69.2 Å². The van der Waals surface area contributed by atoms with Gasteiger partial charge in [-0.1, -0.05) is 24.3 Å². The van der Waals surface area contributed by atoms with E-state index in [1.807, 2.05) is 0 Å². The van der Waals surface area contributed by atoms with E-state index in [9.17, 15) is 0 Å². The number of allylic oxidation sites excluding steroid dienone is 1. The fourth-order valence-corrected chi connectivity index (χ4v) is 5.21. The van der Waals surface area contributed by atoms with Gasteiger partial charge < -0.3 is 12.3 Å². The smallest absolute Gasteiger partial charge is 1.00 e. The van der Waals surface area contributed by atoms with Crippen molar-refractivity contribution in [3.8, 4) is 0 Å². The summed E-state index contributed by atoms with van der Waals surface area (Å²) in [5.41, 5.74) is 2.77. The Morgan fingerprint density at radius 3 is 2.30 bits per heavy atom. The van der Waals surface area contributed by atoms with Crippen molar-refractivity contribution in [3.05, 3.63) is 41.2 Å². The quantitative estimate of drug-likeness (QED) is 0.641. The number of hydrogen-bond acceptors (Lipinski definition) is 2. The van der Waals surface area contributed by atoms with Crippen LogP contribution in [0.1, 0.15) is 34.8 Å². The van der Waals surface area contributed by atoms with E-state index >= 15 is 0 Å². The van der Waals surface area contributed by atoms with Crippen molar-refractivity contribution in [2.45, 2.75) is 45.8 Å². The molecule has 0 heterocycles. The summed E-state index contributed by atoms with van der Waals surface area (Å²) in [4.78, 5) is 3.62. The van der Waals surface area contributed by atoms with E-state index in [-0.39, 0.29) is 46.1 Å². The van der Waals surface area contributed by atoms with Crippen molar-refractivity contribution in [1.82, 2.24) is 4.98 Å². The Bertz CT molecular complexity index is 491. The maximum atomic E-state index is 6.25. The second-order valence-electron chi connectivity index (χ2n) is 6.47. The topological polar surface area (TPSA) is 21.3 Å². The summed E-state index contributed by atoms with van der Waals surface area (Å²) in [6, 6.07) is 8.49. The summed E-state index contributed by atoms with van der Waals surface area (Å²) in [7, 11) is -1.86. The van der Waals surface area contributed by atoms with Crippen molar-refractivity contribution < 1.29 is 45.0 Å². The number of hydrogen-bond donors (Lipinski definition) is 1. The molecule has 0 radical (unpaired) electrons. The zero-order chi connectivity index (χ0) is 13.4. The molecule has 1 N–H and O–H groups in total. The molecule has 0 aromatic heterocycles. The van der Waals surface area contributed by atoms with E-state index in [1.54, 1.807) is 0 Å². The molecule has 102 valence electrons. The second-order valence-corrected chi connectivity index (χ2v) is 9.95. The van der Waals surface area contributed by atoms with Crippen molar-refractivity contribution in [3.63, 3.8) is 0 Å². The largest absolute Gasteiger partial charge is 1.00 e. The SMILES string of the molecule is CC(C)(C)N[Si](C)(C)OC1=Cc2ccccc2C1.[H-].[H-].[Li+].[Li+]. The molecule has 0 saturated carbocycles. The van der Waals surface area contributed by atoms with Crippen LogP contribution in [-0.4, -0.2) is 14.0 Å². The van der Waals surface area contributed by atoms with Gasteiger partial charge in [0.15, 0.2) is 0 Å². The van der Waals surface area contributed by atoms with Crippen LogP contribution in [0.3, 0.4) is 0 Å². The molecule has 0 bridgehead atoms. The van der Waals surface area contributed by atoms with Crippen molar-refractivity contribution >= 4 is 14.6 Å². The zero-order valence-electron chi connectivity index (χ0n) is 16.0. The van der Waals surface area contributed by atoms with Gasteiger partial charge in [0, 0.05) is 12.0 Å². The Labute approximate surface area is 151 Å². The third-order valence-corrected chi connectivity index (χ3v) is 4.92. The Hall–Kier alpha value is 0.132. The van der Waals surface area contributed by atoms with Gasteiger partial charge in [-0.25, -0.2) is 0 Å². The molecule has 1 aromatic rings. The Balaban J connectivity index is -0.000000902. The van der Waals surface area contributed by atoms with E-state index in [0.29, 0.717) is 0 Å². The molecule has 0 unspecified atom stereocenters. The summed E-state index contributed by atoms with van der Waals surface area (Å²) in [5.74, 6) is 1.10. The third kappa shape index (κ3) is 5.86. The molecular weight excluding hydrogens is 252 g/mol. The van der Waals surface area contributed by atoms with Crippen LogP contribution in [0.15, 0.2) is 30.0 Å². The van der Waals surface area contributed by atoms with Crippen LogP contribution in [0.25, 0.3) is 6.08 Å². The van der Waals surface area contributed by atoms with E-state index < -0.39 is 8.48 Å². The zero-order valence-corrected chi connectivity index (χ0v) is 15.0. The predicted molar refractivity (Wildman–Crippen MR) is 81.8 cm³/mol. The average molecular weight is 277 g/mol. The molecule has 0 amide bonds. The molecule has 0 saturated heterocycles. The van der Waals surface area contributed by atoms with Gasteiger partial charge in [0.05, 0.1) is 5.76 Å². The maximum Gasteiger partial charge on any atom is 1.00 e. The molecule has 2 nitrogen and oxygen atoms in total. The monoisotopic (exact) mass is 277 g/mol. The maximum absolute atomic E-state index is 6.25. The molecule has 0 aliphatic heterocycles. The summed E-state index contributed by atoms with van der Waals surface area (Å²) in [5, 5.41) is 0. The summed E-state index contributed by atoms with van der Waals surface area (Å²) in [6.45, 7) is 11.0. The van der Waals surface area contributed by atoms with Crippen LogP contribution in [0.5, 0.6) is 0 Å². The number of nitrogens with one attached hydrogen (secondary N) is 1. The van der Waals surface area contributed by atoms with Gasteiger partial charge in [-0.15, -0.1) is 0 Å². The van der Waals surface area contributed by atoms with Gasteiger partial charge in [-0.3, -0.25) is 0 Å². The fraction of sp³-hybridized carbons (Fsp3) is 0.467. The van der Waals surface area contributed by atoms with E-state index in [1.165, 1.54) is 11.1 Å². The molecule has 1 aliphatic carbocycles. The molecule has 1 aliphatic rings. The minimum Gasteiger partial charge on any atom is -1.00 e. The van der Waals surface area contributed by atoms with Crippen molar-refractivity contribution in [1.29, 1.82) is 0 Å². The van der Waals surface area contributed by atoms with Gasteiger partial charge in [0.2, 0.25) is 0 Å². The van der Waals surface area contributed by atoms with Crippen LogP contribution in [-0.2, 0) is 10.8 Å². The van der Waals surface area contributed by atoms with Gasteiger partial charge in [0.1, 0.15) is 0 Å². The van der Waals surface area contributed by atoms with Crippen molar-refractivity contribution in [2.24, 2.45) is 0 Å². The van der Waals surface area contributed by atoms with Crippen LogP contribution < -0.4 is 42.7 Å². The van der Waals surface area contributed by atoms with Gasteiger partial charge in [-0.2, -0.15) is 0 Å². The van der Waals surface area contributed by atoms with Crippen LogP contribution in [0.4, 0.5) is 0 Å². The molecule has 5 heteroatoms. The first-order chi connectivity index (χ1) is 8.25. The molecule has 1 aromatic carbocycles. The average Bonchev–Trinajstić information content (AvgIpc) is 2.53. The molecule has 0 fully saturated rings. The second kappa shape index (κ2) is 7.41. The first-order valence-corrected chi connectivity index (χ1v) is 9.43. The summed E-state index contributed by atoms with van der Waals surface area (Å²) in [6.07, 6.45) is 3.10. The van der Waals surface area contributed by atoms with Crippen molar-refractivity contribution in [2.75, 3.05) is 0 Å². The minimum absolute atomic E-state index is 0. The Morgan fingerprint density at radius 2 is 1.75 bits per heavy atom. The molecular formula is C15H25Li2NOSi. The standard InChI is InChI=1S/C15H23NOSi.2Li.2H/c1-15(2,3)16-18(4,5)17-14-10-12-8-6-7-9-13(12)11-14;;;;/h6-10,16H,11H2,1-5H3;;;;/q;2*+1;2*-1. The first-order valence-electron chi connectivity index (χ1n) is 6.52. The first kappa shape index (κ1) is 20.1. The number of rotatable bonds is 3. The van der Waals surface area contributed by atoms with Gasteiger partial charge in [-0.05, 0) is 51.1 Å². The third-order valence-electron chi connectivity index (χ3n) is 2.80. The summed E-state index contributed by atoms with van der Waals surface area (Å²) >= 11 is 0. The number of fused-ring (bicyclic) bond motifs is 1.